The van der Waals surface area contributed by atoms with Crippen molar-refractivity contribution in [3.05, 3.63) is 29.3 Å². The van der Waals surface area contributed by atoms with E-state index in [9.17, 15) is 0 Å². The summed E-state index contributed by atoms with van der Waals surface area (Å²) in [6.07, 6.45) is 0.528. The minimum Gasteiger partial charge on any atom is -0.361 e. The Morgan fingerprint density at radius 3 is 2.78 bits per heavy atom. The van der Waals surface area contributed by atoms with Gasteiger partial charge in [-0.1, -0.05) is 23.7 Å². The maximum absolute atomic E-state index is 9.00. The van der Waals surface area contributed by atoms with Crippen LogP contribution in [0.4, 0.5) is 5.69 Å². The molecule has 1 aromatic rings. The summed E-state index contributed by atoms with van der Waals surface area (Å²) in [4.78, 5) is 4.57. The Hall–Kier alpha value is -1.24. The molecule has 2 atom stereocenters. The van der Waals surface area contributed by atoms with Gasteiger partial charge in [-0.25, -0.2) is 0 Å². The molecule has 0 N–H and O–H groups in total. The van der Waals surface area contributed by atoms with Crippen LogP contribution in [-0.4, -0.2) is 37.1 Å². The van der Waals surface area contributed by atoms with Crippen LogP contribution in [0, 0.1) is 11.3 Å². The van der Waals surface area contributed by atoms with Gasteiger partial charge in [0, 0.05) is 19.1 Å². The van der Waals surface area contributed by atoms with Gasteiger partial charge in [-0.3, -0.25) is 0 Å². The number of hydrogen-bond acceptors (Lipinski definition) is 3. The number of nitriles is 1. The van der Waals surface area contributed by atoms with Crippen LogP contribution in [0.3, 0.4) is 0 Å². The number of anilines is 1. The maximum atomic E-state index is 9.00. The van der Waals surface area contributed by atoms with E-state index in [2.05, 4.69) is 29.8 Å². The molecule has 1 aliphatic heterocycles. The Labute approximate surface area is 114 Å². The molecule has 2 unspecified atom stereocenters. The van der Waals surface area contributed by atoms with Gasteiger partial charge in [-0.05, 0) is 26.1 Å². The standard InChI is InChI=1S/C14H18ClN3/c1-11-9-17(2)10-12(7-8-16)18(11)14-6-4-3-5-13(14)15/h3-6,11-12H,7,9-10H2,1-2H3. The SMILES string of the molecule is CC1CN(C)CC(CC#N)N1c1ccccc1Cl. The van der Waals surface area contributed by atoms with E-state index in [1.54, 1.807) is 0 Å². The highest BCUT2D eigenvalue weighted by atomic mass is 35.5. The molecule has 1 aromatic carbocycles. The number of benzene rings is 1. The van der Waals surface area contributed by atoms with E-state index < -0.39 is 0 Å². The van der Waals surface area contributed by atoms with Crippen molar-refractivity contribution in [3.63, 3.8) is 0 Å². The van der Waals surface area contributed by atoms with Crippen molar-refractivity contribution in [1.29, 1.82) is 5.26 Å². The minimum absolute atomic E-state index is 0.212. The molecule has 0 amide bonds. The third-order valence-corrected chi connectivity index (χ3v) is 3.74. The summed E-state index contributed by atoms with van der Waals surface area (Å²) in [5, 5.41) is 9.76. The molecule has 18 heavy (non-hydrogen) atoms. The zero-order valence-electron chi connectivity index (χ0n) is 10.8. The number of likely N-dealkylation sites (N-methyl/N-ethyl adjacent to an activating group) is 1. The van der Waals surface area contributed by atoms with Crippen LogP contribution in [0.25, 0.3) is 0 Å². The molecule has 0 saturated carbocycles. The number of halogens is 1. The van der Waals surface area contributed by atoms with Crippen LogP contribution in [0.5, 0.6) is 0 Å². The molecule has 1 aliphatic rings. The Balaban J connectivity index is 2.33. The van der Waals surface area contributed by atoms with E-state index in [1.165, 1.54) is 0 Å². The molecule has 3 nitrogen and oxygen atoms in total. The molecule has 4 heteroatoms. The fraction of sp³-hybridized carbons (Fsp3) is 0.500. The van der Waals surface area contributed by atoms with Crippen LogP contribution in [0.15, 0.2) is 24.3 Å². The van der Waals surface area contributed by atoms with E-state index in [4.69, 9.17) is 16.9 Å². The molecule has 0 radical (unpaired) electrons. The van der Waals surface area contributed by atoms with Crippen molar-refractivity contribution in [2.24, 2.45) is 0 Å². The molecular formula is C14H18ClN3. The number of hydrogen-bond donors (Lipinski definition) is 0. The first-order valence-corrected chi connectivity index (χ1v) is 6.59. The van der Waals surface area contributed by atoms with Gasteiger partial charge < -0.3 is 9.80 Å². The summed E-state index contributed by atoms with van der Waals surface area (Å²) < 4.78 is 0. The van der Waals surface area contributed by atoms with E-state index in [0.29, 0.717) is 12.5 Å². The second-order valence-electron chi connectivity index (χ2n) is 4.94. The fourth-order valence-electron chi connectivity index (χ4n) is 2.78. The highest BCUT2D eigenvalue weighted by Gasteiger charge is 2.31. The number of piperazine rings is 1. The molecule has 2 rings (SSSR count). The lowest BCUT2D eigenvalue weighted by Gasteiger charge is -2.45. The van der Waals surface area contributed by atoms with Crippen LogP contribution < -0.4 is 4.90 Å². The van der Waals surface area contributed by atoms with Gasteiger partial charge >= 0.3 is 0 Å². The van der Waals surface area contributed by atoms with Crippen molar-refractivity contribution >= 4 is 17.3 Å². The van der Waals surface area contributed by atoms with Crippen LogP contribution in [0.1, 0.15) is 13.3 Å². The molecular weight excluding hydrogens is 246 g/mol. The van der Waals surface area contributed by atoms with Crippen molar-refractivity contribution in [3.8, 4) is 6.07 Å². The van der Waals surface area contributed by atoms with Gasteiger partial charge in [-0.2, -0.15) is 5.26 Å². The lowest BCUT2D eigenvalue weighted by molar-refractivity contribution is 0.233. The first kappa shape index (κ1) is 13.2. The van der Waals surface area contributed by atoms with Gasteiger partial charge in [0.25, 0.3) is 0 Å². The van der Waals surface area contributed by atoms with E-state index in [1.807, 2.05) is 24.3 Å². The number of nitrogens with zero attached hydrogens (tertiary/aromatic N) is 3. The molecule has 1 fully saturated rings. The molecule has 96 valence electrons. The lowest BCUT2D eigenvalue weighted by atomic mass is 10.0. The smallest absolute Gasteiger partial charge is 0.0643 e. The third-order valence-electron chi connectivity index (χ3n) is 3.42. The zero-order chi connectivity index (χ0) is 13.1. The summed E-state index contributed by atoms with van der Waals surface area (Å²) in [7, 11) is 2.10. The summed E-state index contributed by atoms with van der Waals surface area (Å²) >= 11 is 6.29. The lowest BCUT2D eigenvalue weighted by Crippen LogP contribution is -2.56. The van der Waals surface area contributed by atoms with Crippen molar-refractivity contribution in [2.75, 3.05) is 25.0 Å². The topological polar surface area (TPSA) is 30.3 Å². The van der Waals surface area contributed by atoms with Crippen molar-refractivity contribution < 1.29 is 0 Å². The predicted molar refractivity (Wildman–Crippen MR) is 74.9 cm³/mol. The minimum atomic E-state index is 0.212. The van der Waals surface area contributed by atoms with Crippen LogP contribution >= 0.6 is 11.6 Å². The highest BCUT2D eigenvalue weighted by Crippen LogP contribution is 2.31. The summed E-state index contributed by atoms with van der Waals surface area (Å²) in [5.74, 6) is 0. The summed E-state index contributed by atoms with van der Waals surface area (Å²) in [5.41, 5.74) is 1.04. The Morgan fingerprint density at radius 1 is 1.39 bits per heavy atom. The highest BCUT2D eigenvalue weighted by molar-refractivity contribution is 6.33. The zero-order valence-corrected chi connectivity index (χ0v) is 11.6. The average Bonchev–Trinajstić information content (AvgIpc) is 2.31. The second kappa shape index (κ2) is 5.60. The third kappa shape index (κ3) is 2.60. The first-order chi connectivity index (χ1) is 8.63. The molecule has 0 bridgehead atoms. The number of rotatable bonds is 2. The Morgan fingerprint density at radius 2 is 2.11 bits per heavy atom. The van der Waals surface area contributed by atoms with Crippen molar-refractivity contribution in [2.45, 2.75) is 25.4 Å². The predicted octanol–water partition coefficient (Wildman–Crippen LogP) is 2.76. The normalized spacial score (nSPS) is 24.9. The van der Waals surface area contributed by atoms with Gasteiger partial charge in [0.2, 0.25) is 0 Å². The summed E-state index contributed by atoms with van der Waals surface area (Å²) in [6.45, 7) is 4.08. The quantitative estimate of drug-likeness (QED) is 0.822. The first-order valence-electron chi connectivity index (χ1n) is 6.22. The van der Waals surface area contributed by atoms with Gasteiger partial charge in [-0.15, -0.1) is 0 Å². The Kier molecular flexibility index (Phi) is 4.11. The fourth-order valence-corrected chi connectivity index (χ4v) is 3.02. The monoisotopic (exact) mass is 263 g/mol. The van der Waals surface area contributed by atoms with Crippen LogP contribution in [0.2, 0.25) is 5.02 Å². The van der Waals surface area contributed by atoms with Gasteiger partial charge in [0.15, 0.2) is 0 Å². The van der Waals surface area contributed by atoms with Crippen molar-refractivity contribution in [1.82, 2.24) is 4.90 Å². The molecule has 0 spiro atoms. The van der Waals surface area contributed by atoms with Gasteiger partial charge in [0.05, 0.1) is 29.2 Å². The average molecular weight is 264 g/mol. The maximum Gasteiger partial charge on any atom is 0.0643 e. The molecule has 1 saturated heterocycles. The van der Waals surface area contributed by atoms with E-state index in [0.717, 1.165) is 23.8 Å². The second-order valence-corrected chi connectivity index (χ2v) is 5.35. The Bertz CT molecular complexity index is 455. The van der Waals surface area contributed by atoms with E-state index >= 15 is 0 Å². The molecule has 1 heterocycles. The van der Waals surface area contributed by atoms with Gasteiger partial charge in [0.1, 0.15) is 0 Å². The van der Waals surface area contributed by atoms with Crippen LogP contribution in [-0.2, 0) is 0 Å². The summed E-state index contributed by atoms with van der Waals surface area (Å²) in [6, 6.07) is 10.7. The van der Waals surface area contributed by atoms with E-state index in [-0.39, 0.29) is 6.04 Å². The number of para-hydroxylation sites is 1. The molecule has 0 aromatic heterocycles. The largest absolute Gasteiger partial charge is 0.361 e. The molecule has 0 aliphatic carbocycles.